The second-order valence-corrected chi connectivity index (χ2v) is 5.69. The lowest BCUT2D eigenvalue weighted by atomic mass is 10.2. The number of amides is 1. The average Bonchev–Trinajstić information content (AvgIpc) is 2.24. The highest BCUT2D eigenvalue weighted by Gasteiger charge is 2.16. The normalized spacial score (nSPS) is 10.9. The third-order valence-corrected chi connectivity index (χ3v) is 2.45. The number of ether oxygens (including phenoxy) is 1. The fraction of sp³-hybridized carbons (Fsp3) is 0.385. The van der Waals surface area contributed by atoms with Crippen LogP contribution in [0.4, 0.5) is 0 Å². The van der Waals surface area contributed by atoms with Crippen LogP contribution in [-0.2, 0) is 9.53 Å². The molecule has 1 aromatic carbocycles. The highest BCUT2D eigenvalue weighted by Crippen LogP contribution is 2.10. The molecule has 0 aromatic heterocycles. The lowest BCUT2D eigenvalue weighted by Crippen LogP contribution is -2.34. The second-order valence-electron chi connectivity index (χ2n) is 4.78. The average molecular weight is 314 g/mol. The molecule has 0 radical (unpaired) electrons. The molecule has 0 aliphatic heterocycles. The van der Waals surface area contributed by atoms with Crippen molar-refractivity contribution in [2.45, 2.75) is 26.4 Å². The molecule has 0 saturated heterocycles. The van der Waals surface area contributed by atoms with E-state index >= 15 is 0 Å². The molecule has 0 fully saturated rings. The zero-order valence-electron chi connectivity index (χ0n) is 10.6. The summed E-state index contributed by atoms with van der Waals surface area (Å²) in [5, 5.41) is 2.51. The Morgan fingerprint density at radius 2 is 1.78 bits per heavy atom. The third-order valence-electron chi connectivity index (χ3n) is 1.92. The fourth-order valence-corrected chi connectivity index (χ4v) is 1.50. The van der Waals surface area contributed by atoms with Gasteiger partial charge in [0.05, 0.1) is 0 Å². The predicted molar refractivity (Wildman–Crippen MR) is 72.3 cm³/mol. The molecule has 98 valence electrons. The summed E-state index contributed by atoms with van der Waals surface area (Å²) in [6.45, 7) is 5.20. The van der Waals surface area contributed by atoms with Crippen molar-refractivity contribution in [3.63, 3.8) is 0 Å². The van der Waals surface area contributed by atoms with E-state index in [0.717, 1.165) is 4.47 Å². The van der Waals surface area contributed by atoms with Crippen LogP contribution in [0.3, 0.4) is 0 Å². The third kappa shape index (κ3) is 5.31. The van der Waals surface area contributed by atoms with Gasteiger partial charge >= 0.3 is 5.97 Å². The Morgan fingerprint density at radius 3 is 2.28 bits per heavy atom. The summed E-state index contributed by atoms with van der Waals surface area (Å²) in [6.07, 6.45) is 0. The number of halogens is 1. The maximum Gasteiger partial charge on any atom is 0.325 e. The molecule has 0 spiro atoms. The summed E-state index contributed by atoms with van der Waals surface area (Å²) in [5.41, 5.74) is -0.0406. The van der Waals surface area contributed by atoms with E-state index in [9.17, 15) is 9.59 Å². The van der Waals surface area contributed by atoms with Gasteiger partial charge in [0.25, 0.3) is 5.91 Å². The Balaban J connectivity index is 2.47. The van der Waals surface area contributed by atoms with E-state index in [4.69, 9.17) is 4.74 Å². The second kappa shape index (κ2) is 6.00. The molecule has 4 nitrogen and oxygen atoms in total. The van der Waals surface area contributed by atoms with Crippen molar-refractivity contribution in [3.05, 3.63) is 34.3 Å². The van der Waals surface area contributed by atoms with Gasteiger partial charge in [0, 0.05) is 10.0 Å². The summed E-state index contributed by atoms with van der Waals surface area (Å²) >= 11 is 3.28. The molecular weight excluding hydrogens is 298 g/mol. The van der Waals surface area contributed by atoms with Crippen LogP contribution in [0, 0.1) is 0 Å². The van der Waals surface area contributed by atoms with E-state index in [2.05, 4.69) is 21.2 Å². The van der Waals surface area contributed by atoms with E-state index < -0.39 is 11.6 Å². The Kier molecular flexibility index (Phi) is 4.90. The monoisotopic (exact) mass is 313 g/mol. The maximum absolute atomic E-state index is 11.7. The van der Waals surface area contributed by atoms with Gasteiger partial charge in [-0.15, -0.1) is 0 Å². The van der Waals surface area contributed by atoms with Crippen LogP contribution in [0.25, 0.3) is 0 Å². The van der Waals surface area contributed by atoms with Gasteiger partial charge in [0.1, 0.15) is 12.1 Å². The molecule has 0 heterocycles. The minimum absolute atomic E-state index is 0.133. The number of hydrogen-bond acceptors (Lipinski definition) is 3. The maximum atomic E-state index is 11.7. The molecular formula is C13H16BrNO3. The standard InChI is InChI=1S/C13H16BrNO3/c1-13(2,3)18-11(16)8-15-12(17)9-4-6-10(14)7-5-9/h4-7H,8H2,1-3H3,(H,15,17). The summed E-state index contributed by atoms with van der Waals surface area (Å²) in [6, 6.07) is 6.88. The van der Waals surface area contributed by atoms with Gasteiger partial charge in [0.2, 0.25) is 0 Å². The molecule has 1 rings (SSSR count). The molecule has 0 bridgehead atoms. The van der Waals surface area contributed by atoms with E-state index in [0.29, 0.717) is 5.56 Å². The summed E-state index contributed by atoms with van der Waals surface area (Å²) in [4.78, 5) is 23.1. The Morgan fingerprint density at radius 1 is 1.22 bits per heavy atom. The molecule has 1 amide bonds. The Hall–Kier alpha value is -1.36. The van der Waals surface area contributed by atoms with Crippen LogP contribution in [0.2, 0.25) is 0 Å². The molecule has 0 aliphatic rings. The Bertz CT molecular complexity index is 435. The van der Waals surface area contributed by atoms with Gasteiger partial charge < -0.3 is 10.1 Å². The summed E-state index contributed by atoms with van der Waals surface area (Å²) < 4.78 is 5.98. The summed E-state index contributed by atoms with van der Waals surface area (Å²) in [5.74, 6) is -0.749. The molecule has 18 heavy (non-hydrogen) atoms. The lowest BCUT2D eigenvalue weighted by molar-refractivity contribution is -0.153. The first-order valence-electron chi connectivity index (χ1n) is 5.53. The van der Waals surface area contributed by atoms with Crippen LogP contribution < -0.4 is 5.32 Å². The molecule has 5 heteroatoms. The van der Waals surface area contributed by atoms with Crippen molar-refractivity contribution in [2.24, 2.45) is 0 Å². The van der Waals surface area contributed by atoms with Gasteiger partial charge in [-0.2, -0.15) is 0 Å². The topological polar surface area (TPSA) is 55.4 Å². The van der Waals surface area contributed by atoms with Gasteiger partial charge in [0.15, 0.2) is 0 Å². The van der Waals surface area contributed by atoms with Crippen LogP contribution >= 0.6 is 15.9 Å². The first-order chi connectivity index (χ1) is 8.28. The lowest BCUT2D eigenvalue weighted by Gasteiger charge is -2.19. The zero-order chi connectivity index (χ0) is 13.8. The van der Waals surface area contributed by atoms with Crippen molar-refractivity contribution in [1.29, 1.82) is 0 Å². The van der Waals surface area contributed by atoms with Gasteiger partial charge in [-0.3, -0.25) is 9.59 Å². The molecule has 0 saturated carbocycles. The van der Waals surface area contributed by atoms with E-state index in [-0.39, 0.29) is 12.5 Å². The zero-order valence-corrected chi connectivity index (χ0v) is 12.2. The minimum Gasteiger partial charge on any atom is -0.459 e. The molecule has 0 atom stereocenters. The van der Waals surface area contributed by atoms with E-state index in [1.54, 1.807) is 45.0 Å². The Labute approximate surface area is 115 Å². The minimum atomic E-state index is -0.542. The number of benzene rings is 1. The predicted octanol–water partition coefficient (Wildman–Crippen LogP) is 2.52. The van der Waals surface area contributed by atoms with Gasteiger partial charge in [-0.05, 0) is 45.0 Å². The number of rotatable bonds is 3. The number of carbonyl (C=O) groups excluding carboxylic acids is 2. The van der Waals surface area contributed by atoms with Crippen molar-refractivity contribution < 1.29 is 14.3 Å². The largest absolute Gasteiger partial charge is 0.459 e. The van der Waals surface area contributed by atoms with E-state index in [1.165, 1.54) is 0 Å². The molecule has 0 unspecified atom stereocenters. The quantitative estimate of drug-likeness (QED) is 0.872. The first-order valence-corrected chi connectivity index (χ1v) is 6.33. The highest BCUT2D eigenvalue weighted by atomic mass is 79.9. The SMILES string of the molecule is CC(C)(C)OC(=O)CNC(=O)c1ccc(Br)cc1. The van der Waals surface area contributed by atoms with Gasteiger partial charge in [-0.1, -0.05) is 15.9 Å². The van der Waals surface area contributed by atoms with Crippen molar-refractivity contribution in [2.75, 3.05) is 6.54 Å². The molecule has 1 aromatic rings. The van der Waals surface area contributed by atoms with Crippen LogP contribution in [0.5, 0.6) is 0 Å². The van der Waals surface area contributed by atoms with E-state index in [1.807, 2.05) is 0 Å². The smallest absolute Gasteiger partial charge is 0.325 e. The first kappa shape index (κ1) is 14.7. The van der Waals surface area contributed by atoms with Crippen LogP contribution in [-0.4, -0.2) is 24.0 Å². The molecule has 0 aliphatic carbocycles. The molecule has 1 N–H and O–H groups in total. The fourth-order valence-electron chi connectivity index (χ4n) is 1.23. The number of carbonyl (C=O) groups is 2. The van der Waals surface area contributed by atoms with Crippen molar-refractivity contribution in [1.82, 2.24) is 5.32 Å². The van der Waals surface area contributed by atoms with Gasteiger partial charge in [-0.25, -0.2) is 0 Å². The number of nitrogens with one attached hydrogen (secondary N) is 1. The number of esters is 1. The van der Waals surface area contributed by atoms with Crippen molar-refractivity contribution >= 4 is 27.8 Å². The summed E-state index contributed by atoms with van der Waals surface area (Å²) in [7, 11) is 0. The van der Waals surface area contributed by atoms with Crippen molar-refractivity contribution in [3.8, 4) is 0 Å². The van der Waals surface area contributed by atoms with Crippen LogP contribution in [0.1, 0.15) is 31.1 Å². The van der Waals surface area contributed by atoms with Crippen LogP contribution in [0.15, 0.2) is 28.7 Å². The highest BCUT2D eigenvalue weighted by molar-refractivity contribution is 9.10. The number of hydrogen-bond donors (Lipinski definition) is 1.